The molecule has 9 nitrogen and oxygen atoms in total. The van der Waals surface area contributed by atoms with Crippen LogP contribution in [0.4, 0.5) is 0 Å². The molecule has 37 heavy (non-hydrogen) atoms. The summed E-state index contributed by atoms with van der Waals surface area (Å²) in [5, 5.41) is 5.73. The van der Waals surface area contributed by atoms with Crippen molar-refractivity contribution < 1.29 is 14.3 Å². The first kappa shape index (κ1) is 25.4. The largest absolute Gasteiger partial charge is 0.381 e. The Balaban J connectivity index is 1.20. The van der Waals surface area contributed by atoms with E-state index in [-0.39, 0.29) is 18.0 Å². The zero-order valence-electron chi connectivity index (χ0n) is 21.4. The highest BCUT2D eigenvalue weighted by atomic mass is 16.5. The third kappa shape index (κ3) is 5.69. The normalized spacial score (nSPS) is 18.9. The smallest absolute Gasteiger partial charge is 0.329 e. The van der Waals surface area contributed by atoms with Gasteiger partial charge in [0.15, 0.2) is 0 Å². The first-order chi connectivity index (χ1) is 18.0. The lowest BCUT2D eigenvalue weighted by Gasteiger charge is -2.26. The van der Waals surface area contributed by atoms with Crippen molar-refractivity contribution in [1.82, 2.24) is 24.7 Å². The number of piperazine rings is 1. The lowest BCUT2D eigenvalue weighted by molar-refractivity contribution is -0.135. The van der Waals surface area contributed by atoms with Gasteiger partial charge in [0.05, 0.1) is 17.6 Å². The predicted octanol–water partition coefficient (Wildman–Crippen LogP) is 1.84. The maximum Gasteiger partial charge on any atom is 0.329 e. The summed E-state index contributed by atoms with van der Waals surface area (Å²) < 4.78 is 8.93. The fraction of sp³-hybridized carbons (Fsp3) is 0.464. The number of hydrogen-bond acceptors (Lipinski definition) is 6. The van der Waals surface area contributed by atoms with E-state index in [0.717, 1.165) is 68.8 Å². The molecule has 2 aromatic carbocycles. The Morgan fingerprint density at radius 2 is 1.70 bits per heavy atom. The minimum Gasteiger partial charge on any atom is -0.381 e. The molecule has 2 N–H and O–H groups in total. The summed E-state index contributed by atoms with van der Waals surface area (Å²) in [7, 11) is 1.71. The number of amides is 2. The summed E-state index contributed by atoms with van der Waals surface area (Å²) in [5.41, 5.74) is 4.47. The van der Waals surface area contributed by atoms with Crippen LogP contribution in [0, 0.1) is 0 Å². The highest BCUT2D eigenvalue weighted by Crippen LogP contribution is 2.27. The number of fused-ring (bicyclic) bond motifs is 1. The van der Waals surface area contributed by atoms with E-state index in [4.69, 9.17) is 4.74 Å². The van der Waals surface area contributed by atoms with E-state index >= 15 is 0 Å². The van der Waals surface area contributed by atoms with Crippen molar-refractivity contribution in [3.8, 4) is 11.1 Å². The number of ether oxygens (including phenoxy) is 1. The third-order valence-corrected chi connectivity index (χ3v) is 7.41. The van der Waals surface area contributed by atoms with Crippen LogP contribution < -0.4 is 16.3 Å². The maximum absolute atomic E-state index is 13.0. The maximum atomic E-state index is 13.0. The molecule has 0 radical (unpaired) electrons. The molecule has 2 aliphatic heterocycles. The molecule has 1 unspecified atom stereocenters. The topological polar surface area (TPSA) is 97.6 Å². The van der Waals surface area contributed by atoms with Gasteiger partial charge in [-0.3, -0.25) is 24.0 Å². The molecule has 3 heterocycles. The van der Waals surface area contributed by atoms with Gasteiger partial charge in [0, 0.05) is 52.8 Å². The Hall–Kier alpha value is -3.27. The van der Waals surface area contributed by atoms with Gasteiger partial charge in [-0.1, -0.05) is 30.3 Å². The molecule has 5 rings (SSSR count). The molecule has 9 heteroatoms. The van der Waals surface area contributed by atoms with Gasteiger partial charge >= 0.3 is 5.69 Å². The second kappa shape index (κ2) is 11.4. The van der Waals surface area contributed by atoms with Crippen molar-refractivity contribution >= 4 is 22.8 Å². The fourth-order valence-electron chi connectivity index (χ4n) is 5.25. The van der Waals surface area contributed by atoms with E-state index < -0.39 is 11.9 Å². The van der Waals surface area contributed by atoms with Crippen LogP contribution in [0.2, 0.25) is 0 Å². The van der Waals surface area contributed by atoms with Gasteiger partial charge < -0.3 is 15.0 Å². The van der Waals surface area contributed by atoms with E-state index in [1.54, 1.807) is 11.6 Å². The van der Waals surface area contributed by atoms with E-state index in [2.05, 4.69) is 39.8 Å². The summed E-state index contributed by atoms with van der Waals surface area (Å²) >= 11 is 0. The molecule has 2 aliphatic rings. The average Bonchev–Trinajstić information content (AvgIpc) is 3.16. The number of carbonyl (C=O) groups is 2. The quantitative estimate of drug-likeness (QED) is 0.340. The molecule has 1 aromatic heterocycles. The van der Waals surface area contributed by atoms with Crippen LogP contribution in [0.3, 0.4) is 0 Å². The summed E-state index contributed by atoms with van der Waals surface area (Å²) in [4.78, 5) is 39.4. The Morgan fingerprint density at radius 1 is 0.946 bits per heavy atom. The van der Waals surface area contributed by atoms with Crippen LogP contribution in [-0.4, -0.2) is 71.8 Å². The number of nitrogens with zero attached hydrogens (tertiary/aromatic N) is 3. The molecule has 0 aliphatic carbocycles. The molecule has 1 atom stereocenters. The van der Waals surface area contributed by atoms with Crippen LogP contribution in [0.5, 0.6) is 0 Å². The Kier molecular flexibility index (Phi) is 7.83. The summed E-state index contributed by atoms with van der Waals surface area (Å²) in [5.74, 6) is -0.716. The van der Waals surface area contributed by atoms with Crippen LogP contribution >= 0.6 is 0 Å². The number of imidazole rings is 1. The van der Waals surface area contributed by atoms with Crippen molar-refractivity contribution in [1.29, 1.82) is 0 Å². The number of aromatic nitrogens is 2. The standard InChI is InChI=1S/C28H35N5O4/c1-31-25-19-22(7-8-23(25)33(28(31)36)24-9-10-26(34)30-27(24)35)21-5-3-20(4-6-21)11-18-37-17-2-14-32-15-12-29-13-16-32/h3-8,19,24,29H,2,9-18H2,1H3,(H,30,34,35). The van der Waals surface area contributed by atoms with E-state index in [1.807, 2.05) is 18.2 Å². The van der Waals surface area contributed by atoms with Crippen molar-refractivity contribution in [2.24, 2.45) is 7.05 Å². The highest BCUT2D eigenvalue weighted by molar-refractivity contribution is 6.00. The van der Waals surface area contributed by atoms with Gasteiger partial charge in [0.2, 0.25) is 11.8 Å². The number of benzene rings is 2. The van der Waals surface area contributed by atoms with Crippen LogP contribution in [-0.2, 0) is 27.8 Å². The number of aryl methyl sites for hydroxylation is 1. The molecule has 2 fully saturated rings. The van der Waals surface area contributed by atoms with Gasteiger partial charge in [-0.05, 0) is 48.1 Å². The van der Waals surface area contributed by atoms with Crippen LogP contribution in [0.25, 0.3) is 22.2 Å². The summed E-state index contributed by atoms with van der Waals surface area (Å²) in [6, 6.07) is 13.6. The zero-order valence-corrected chi connectivity index (χ0v) is 21.4. The zero-order chi connectivity index (χ0) is 25.8. The minimum absolute atomic E-state index is 0.227. The molecular formula is C28H35N5O4. The minimum atomic E-state index is -0.677. The molecule has 0 spiro atoms. The Morgan fingerprint density at radius 3 is 2.46 bits per heavy atom. The van der Waals surface area contributed by atoms with E-state index in [1.165, 1.54) is 10.1 Å². The summed E-state index contributed by atoms with van der Waals surface area (Å²) in [6.45, 7) is 7.02. The molecule has 2 amide bonds. The van der Waals surface area contributed by atoms with Gasteiger partial charge in [0.25, 0.3) is 0 Å². The van der Waals surface area contributed by atoms with E-state index in [0.29, 0.717) is 18.5 Å². The first-order valence-electron chi connectivity index (χ1n) is 13.2. The third-order valence-electron chi connectivity index (χ3n) is 7.41. The molecule has 196 valence electrons. The average molecular weight is 506 g/mol. The Labute approximate surface area is 216 Å². The van der Waals surface area contributed by atoms with Gasteiger partial charge in [-0.15, -0.1) is 0 Å². The number of piperidine rings is 1. The van der Waals surface area contributed by atoms with Crippen molar-refractivity contribution in [3.63, 3.8) is 0 Å². The first-order valence-corrected chi connectivity index (χ1v) is 13.2. The second-order valence-corrected chi connectivity index (χ2v) is 9.89. The second-order valence-electron chi connectivity index (χ2n) is 9.89. The van der Waals surface area contributed by atoms with Gasteiger partial charge in [-0.2, -0.15) is 0 Å². The number of nitrogens with one attached hydrogen (secondary N) is 2. The molecule has 3 aromatic rings. The van der Waals surface area contributed by atoms with Crippen LogP contribution in [0.15, 0.2) is 47.3 Å². The number of rotatable bonds is 9. The fourth-order valence-corrected chi connectivity index (χ4v) is 5.25. The van der Waals surface area contributed by atoms with Gasteiger partial charge in [-0.25, -0.2) is 4.79 Å². The lowest BCUT2D eigenvalue weighted by Crippen LogP contribution is -2.44. The predicted molar refractivity (Wildman–Crippen MR) is 142 cm³/mol. The van der Waals surface area contributed by atoms with Crippen molar-refractivity contribution in [2.75, 3.05) is 45.9 Å². The SMILES string of the molecule is Cn1c(=O)n(C2CCC(=O)NC2=O)c2ccc(-c3ccc(CCOCCCN4CCNCC4)cc3)cc21. The molecule has 0 bridgehead atoms. The number of carbonyl (C=O) groups excluding carboxylic acids is 2. The monoisotopic (exact) mass is 505 g/mol. The number of hydrogen-bond donors (Lipinski definition) is 2. The number of imide groups is 1. The van der Waals surface area contributed by atoms with Crippen molar-refractivity contribution in [3.05, 3.63) is 58.5 Å². The highest BCUT2D eigenvalue weighted by Gasteiger charge is 2.31. The van der Waals surface area contributed by atoms with E-state index in [9.17, 15) is 14.4 Å². The molecule has 0 saturated carbocycles. The summed E-state index contributed by atoms with van der Waals surface area (Å²) in [6.07, 6.45) is 2.49. The van der Waals surface area contributed by atoms with Gasteiger partial charge in [0.1, 0.15) is 6.04 Å². The van der Waals surface area contributed by atoms with Crippen molar-refractivity contribution in [2.45, 2.75) is 31.7 Å². The van der Waals surface area contributed by atoms with Crippen LogP contribution in [0.1, 0.15) is 30.9 Å². The molecular weight excluding hydrogens is 470 g/mol. The molecule has 2 saturated heterocycles. The lowest BCUT2D eigenvalue weighted by atomic mass is 10.0. The Bertz CT molecular complexity index is 1320.